The number of rotatable bonds is 5. The number of aryl methyl sites for hydroxylation is 1. The number of ether oxygens (including phenoxy) is 1. The third-order valence-corrected chi connectivity index (χ3v) is 3.19. The Bertz CT molecular complexity index is 635. The van der Waals surface area contributed by atoms with Gasteiger partial charge in [-0.25, -0.2) is 0 Å². The second-order valence-corrected chi connectivity index (χ2v) is 5.15. The summed E-state index contributed by atoms with van der Waals surface area (Å²) in [5.41, 5.74) is 2.65. The van der Waals surface area contributed by atoms with Gasteiger partial charge in [0.1, 0.15) is 0 Å². The molecule has 0 heterocycles. The van der Waals surface area contributed by atoms with Gasteiger partial charge in [0.05, 0.1) is 6.42 Å². The van der Waals surface area contributed by atoms with Gasteiger partial charge in [-0.2, -0.15) is 0 Å². The Kier molecular flexibility index (Phi) is 5.31. The number of nitrogens with one attached hydrogen (secondary N) is 1. The van der Waals surface area contributed by atoms with Gasteiger partial charge in [-0.05, 0) is 31.5 Å². The first-order chi connectivity index (χ1) is 10.5. The lowest BCUT2D eigenvalue weighted by molar-refractivity contribution is -0.152. The molecule has 2 aromatic carbocycles. The summed E-state index contributed by atoms with van der Waals surface area (Å²) in [4.78, 5) is 23.8. The molecule has 0 spiro atoms. The van der Waals surface area contributed by atoms with Crippen LogP contribution in [0.4, 0.5) is 5.69 Å². The molecule has 0 saturated carbocycles. The van der Waals surface area contributed by atoms with E-state index in [0.717, 1.165) is 11.1 Å². The molecule has 2 rings (SSSR count). The van der Waals surface area contributed by atoms with E-state index in [1.54, 1.807) is 6.92 Å². The molecule has 0 unspecified atom stereocenters. The van der Waals surface area contributed by atoms with Gasteiger partial charge in [0.2, 0.25) is 0 Å². The van der Waals surface area contributed by atoms with Crippen LogP contribution in [0, 0.1) is 6.92 Å². The van der Waals surface area contributed by atoms with Crippen molar-refractivity contribution in [3.63, 3.8) is 0 Å². The Morgan fingerprint density at radius 1 is 1.05 bits per heavy atom. The number of carbonyl (C=O) groups is 2. The van der Waals surface area contributed by atoms with E-state index < -0.39 is 12.1 Å². The van der Waals surface area contributed by atoms with Gasteiger partial charge < -0.3 is 10.1 Å². The molecule has 0 bridgehead atoms. The molecule has 22 heavy (non-hydrogen) atoms. The summed E-state index contributed by atoms with van der Waals surface area (Å²) in [7, 11) is 0. The van der Waals surface area contributed by atoms with E-state index >= 15 is 0 Å². The highest BCUT2D eigenvalue weighted by Gasteiger charge is 2.18. The fourth-order valence-electron chi connectivity index (χ4n) is 1.94. The van der Waals surface area contributed by atoms with Gasteiger partial charge >= 0.3 is 5.97 Å². The van der Waals surface area contributed by atoms with E-state index in [1.165, 1.54) is 0 Å². The first kappa shape index (κ1) is 15.8. The molecular formula is C18H19NO3. The number of esters is 1. The minimum absolute atomic E-state index is 0.156. The molecule has 1 amide bonds. The van der Waals surface area contributed by atoms with Crippen molar-refractivity contribution in [2.24, 2.45) is 0 Å². The van der Waals surface area contributed by atoms with E-state index in [9.17, 15) is 9.59 Å². The minimum atomic E-state index is -0.836. The van der Waals surface area contributed by atoms with Crippen molar-refractivity contribution in [1.82, 2.24) is 0 Å². The van der Waals surface area contributed by atoms with Crippen LogP contribution in [-0.2, 0) is 20.7 Å². The fraction of sp³-hybridized carbons (Fsp3) is 0.222. The number of carbonyl (C=O) groups excluding carboxylic acids is 2. The normalized spacial score (nSPS) is 11.5. The molecule has 0 aliphatic carbocycles. The van der Waals surface area contributed by atoms with Crippen LogP contribution < -0.4 is 5.32 Å². The number of amides is 1. The fourth-order valence-corrected chi connectivity index (χ4v) is 1.94. The molecule has 4 heteroatoms. The van der Waals surface area contributed by atoms with E-state index in [2.05, 4.69) is 5.32 Å². The maximum Gasteiger partial charge on any atom is 0.311 e. The number of hydrogen-bond acceptors (Lipinski definition) is 3. The summed E-state index contributed by atoms with van der Waals surface area (Å²) >= 11 is 0. The largest absolute Gasteiger partial charge is 0.452 e. The zero-order chi connectivity index (χ0) is 15.9. The van der Waals surface area contributed by atoms with Crippen molar-refractivity contribution in [2.45, 2.75) is 26.4 Å². The molecular weight excluding hydrogens is 278 g/mol. The van der Waals surface area contributed by atoms with Gasteiger partial charge in [-0.15, -0.1) is 0 Å². The highest BCUT2D eigenvalue weighted by atomic mass is 16.5. The predicted molar refractivity (Wildman–Crippen MR) is 85.5 cm³/mol. The van der Waals surface area contributed by atoms with E-state index in [-0.39, 0.29) is 12.3 Å². The first-order valence-corrected chi connectivity index (χ1v) is 7.15. The third kappa shape index (κ3) is 4.74. The molecule has 0 aromatic heterocycles. The van der Waals surface area contributed by atoms with E-state index in [4.69, 9.17) is 4.74 Å². The summed E-state index contributed by atoms with van der Waals surface area (Å²) in [6, 6.07) is 16.7. The molecule has 0 saturated heterocycles. The molecule has 114 valence electrons. The number of hydrogen-bond donors (Lipinski definition) is 1. The van der Waals surface area contributed by atoms with Crippen LogP contribution in [0.25, 0.3) is 0 Å². The molecule has 1 N–H and O–H groups in total. The quantitative estimate of drug-likeness (QED) is 0.863. The summed E-state index contributed by atoms with van der Waals surface area (Å²) in [5.74, 6) is -0.761. The minimum Gasteiger partial charge on any atom is -0.452 e. The Morgan fingerprint density at radius 2 is 1.68 bits per heavy atom. The second-order valence-electron chi connectivity index (χ2n) is 5.15. The standard InChI is InChI=1S/C18H19NO3/c1-13-8-10-16(11-9-13)19-18(21)14(2)22-17(20)12-15-6-4-3-5-7-15/h3-11,14H,12H2,1-2H3,(H,19,21)/t14-/m0/s1. The molecule has 0 radical (unpaired) electrons. The monoisotopic (exact) mass is 297 g/mol. The zero-order valence-corrected chi connectivity index (χ0v) is 12.7. The van der Waals surface area contributed by atoms with Crippen LogP contribution in [0.2, 0.25) is 0 Å². The lowest BCUT2D eigenvalue weighted by Gasteiger charge is -2.13. The topological polar surface area (TPSA) is 55.4 Å². The Morgan fingerprint density at radius 3 is 2.32 bits per heavy atom. The number of benzene rings is 2. The maximum absolute atomic E-state index is 12.0. The maximum atomic E-state index is 12.0. The van der Waals surface area contributed by atoms with Crippen molar-refractivity contribution in [3.05, 3.63) is 65.7 Å². The van der Waals surface area contributed by atoms with Crippen LogP contribution in [0.15, 0.2) is 54.6 Å². The highest BCUT2D eigenvalue weighted by molar-refractivity contribution is 5.95. The average molecular weight is 297 g/mol. The van der Waals surface area contributed by atoms with Crippen molar-refractivity contribution in [3.8, 4) is 0 Å². The molecule has 2 aromatic rings. The van der Waals surface area contributed by atoms with Gasteiger partial charge in [0.15, 0.2) is 6.10 Å². The summed E-state index contributed by atoms with van der Waals surface area (Å²) < 4.78 is 5.16. The average Bonchev–Trinajstić information content (AvgIpc) is 2.50. The van der Waals surface area contributed by atoms with Gasteiger partial charge in [0, 0.05) is 5.69 Å². The third-order valence-electron chi connectivity index (χ3n) is 3.19. The van der Waals surface area contributed by atoms with Crippen molar-refractivity contribution in [2.75, 3.05) is 5.32 Å². The van der Waals surface area contributed by atoms with Crippen molar-refractivity contribution < 1.29 is 14.3 Å². The predicted octanol–water partition coefficient (Wildman–Crippen LogP) is 3.11. The molecule has 0 fully saturated rings. The molecule has 1 atom stereocenters. The van der Waals surface area contributed by atoms with E-state index in [0.29, 0.717) is 5.69 Å². The second kappa shape index (κ2) is 7.41. The molecule has 4 nitrogen and oxygen atoms in total. The van der Waals surface area contributed by atoms with Crippen molar-refractivity contribution >= 4 is 17.6 Å². The van der Waals surface area contributed by atoms with Crippen LogP contribution >= 0.6 is 0 Å². The smallest absolute Gasteiger partial charge is 0.311 e. The Balaban J connectivity index is 1.85. The zero-order valence-electron chi connectivity index (χ0n) is 12.7. The first-order valence-electron chi connectivity index (χ1n) is 7.15. The van der Waals surface area contributed by atoms with Crippen LogP contribution in [0.5, 0.6) is 0 Å². The summed E-state index contributed by atoms with van der Waals surface area (Å²) in [5, 5.41) is 2.72. The highest BCUT2D eigenvalue weighted by Crippen LogP contribution is 2.10. The van der Waals surface area contributed by atoms with Crippen molar-refractivity contribution in [1.29, 1.82) is 0 Å². The van der Waals surface area contributed by atoms with E-state index in [1.807, 2.05) is 61.5 Å². The van der Waals surface area contributed by atoms with Crippen LogP contribution in [0.3, 0.4) is 0 Å². The summed E-state index contributed by atoms with van der Waals surface area (Å²) in [6.07, 6.45) is -0.680. The Labute approximate surface area is 130 Å². The molecule has 0 aliphatic heterocycles. The molecule has 0 aliphatic rings. The van der Waals surface area contributed by atoms with Crippen LogP contribution in [-0.4, -0.2) is 18.0 Å². The summed E-state index contributed by atoms with van der Waals surface area (Å²) in [6.45, 7) is 3.53. The van der Waals surface area contributed by atoms with Gasteiger partial charge in [0.25, 0.3) is 5.91 Å². The van der Waals surface area contributed by atoms with Crippen LogP contribution in [0.1, 0.15) is 18.1 Å². The SMILES string of the molecule is Cc1ccc(NC(=O)[C@H](C)OC(=O)Cc2ccccc2)cc1. The van der Waals surface area contributed by atoms with Gasteiger partial charge in [-0.1, -0.05) is 48.0 Å². The Hall–Kier alpha value is -2.62. The lowest BCUT2D eigenvalue weighted by Crippen LogP contribution is -2.30. The van der Waals surface area contributed by atoms with Gasteiger partial charge in [-0.3, -0.25) is 9.59 Å². The lowest BCUT2D eigenvalue weighted by atomic mass is 10.1. The number of anilines is 1.